The van der Waals surface area contributed by atoms with Gasteiger partial charge in [0.25, 0.3) is 0 Å². The van der Waals surface area contributed by atoms with Crippen molar-refractivity contribution in [3.05, 3.63) is 29.8 Å². The lowest BCUT2D eigenvalue weighted by atomic mass is 10.2. The lowest BCUT2D eigenvalue weighted by Crippen LogP contribution is -2.17. The zero-order valence-electron chi connectivity index (χ0n) is 8.89. The van der Waals surface area contributed by atoms with Gasteiger partial charge >= 0.3 is 5.97 Å². The average Bonchev–Trinajstić information content (AvgIpc) is 2.26. The molecule has 0 amide bonds. The summed E-state index contributed by atoms with van der Waals surface area (Å²) < 4.78 is 25.3. The molecule has 1 rings (SSSR count). The van der Waals surface area contributed by atoms with E-state index in [1.54, 1.807) is 0 Å². The SMILES string of the molecule is O=C(O)c1cccc(NS(=O)(=O)CCCCl)c1. The van der Waals surface area contributed by atoms with Crippen LogP contribution in [0.25, 0.3) is 0 Å². The van der Waals surface area contributed by atoms with Gasteiger partial charge in [0.05, 0.1) is 11.3 Å². The van der Waals surface area contributed by atoms with Crippen molar-refractivity contribution >= 4 is 33.3 Å². The van der Waals surface area contributed by atoms with E-state index in [1.165, 1.54) is 24.3 Å². The number of carboxylic acids is 1. The van der Waals surface area contributed by atoms with Gasteiger partial charge in [0.15, 0.2) is 0 Å². The number of hydrogen-bond donors (Lipinski definition) is 2. The molecule has 5 nitrogen and oxygen atoms in total. The van der Waals surface area contributed by atoms with Crippen molar-refractivity contribution in [3.63, 3.8) is 0 Å². The quantitative estimate of drug-likeness (QED) is 0.776. The first-order valence-corrected chi connectivity index (χ1v) is 7.03. The number of aromatic carboxylic acids is 1. The summed E-state index contributed by atoms with van der Waals surface area (Å²) >= 11 is 5.41. The third-order valence-electron chi connectivity index (χ3n) is 1.93. The van der Waals surface area contributed by atoms with Crippen LogP contribution < -0.4 is 4.72 Å². The molecule has 0 radical (unpaired) electrons. The summed E-state index contributed by atoms with van der Waals surface area (Å²) in [5, 5.41) is 8.75. The number of rotatable bonds is 6. The first-order chi connectivity index (χ1) is 7.94. The van der Waals surface area contributed by atoms with Crippen molar-refractivity contribution in [2.45, 2.75) is 6.42 Å². The molecule has 0 atom stereocenters. The molecule has 2 N–H and O–H groups in total. The van der Waals surface area contributed by atoms with E-state index >= 15 is 0 Å². The van der Waals surface area contributed by atoms with Crippen molar-refractivity contribution in [1.29, 1.82) is 0 Å². The van der Waals surface area contributed by atoms with Gasteiger partial charge in [-0.3, -0.25) is 4.72 Å². The number of hydrogen-bond acceptors (Lipinski definition) is 3. The lowest BCUT2D eigenvalue weighted by molar-refractivity contribution is 0.0697. The summed E-state index contributed by atoms with van der Waals surface area (Å²) in [6.45, 7) is 0. The van der Waals surface area contributed by atoms with Crippen LogP contribution in [0.4, 0.5) is 5.69 Å². The highest BCUT2D eigenvalue weighted by Gasteiger charge is 2.11. The molecule has 0 aromatic heterocycles. The highest BCUT2D eigenvalue weighted by Crippen LogP contribution is 2.12. The molecule has 0 aliphatic rings. The minimum absolute atomic E-state index is 0.0301. The molecule has 0 aliphatic heterocycles. The van der Waals surface area contributed by atoms with Crippen LogP contribution in [0.5, 0.6) is 0 Å². The van der Waals surface area contributed by atoms with E-state index < -0.39 is 16.0 Å². The number of alkyl halides is 1. The second kappa shape index (κ2) is 5.88. The van der Waals surface area contributed by atoms with Gasteiger partial charge in [0.1, 0.15) is 0 Å². The predicted octanol–water partition coefficient (Wildman–Crippen LogP) is 1.76. The van der Waals surface area contributed by atoms with Crippen LogP contribution >= 0.6 is 11.6 Å². The van der Waals surface area contributed by atoms with E-state index in [4.69, 9.17) is 16.7 Å². The Balaban J connectivity index is 2.81. The fourth-order valence-electron chi connectivity index (χ4n) is 1.19. The van der Waals surface area contributed by atoms with Crippen molar-refractivity contribution in [3.8, 4) is 0 Å². The molecule has 1 aromatic carbocycles. The van der Waals surface area contributed by atoms with Crippen LogP contribution in [0.3, 0.4) is 0 Å². The molecular formula is C10H12ClNO4S. The largest absolute Gasteiger partial charge is 0.478 e. The van der Waals surface area contributed by atoms with Crippen LogP contribution in [0.2, 0.25) is 0 Å². The Morgan fingerprint density at radius 2 is 2.12 bits per heavy atom. The van der Waals surface area contributed by atoms with Crippen molar-refractivity contribution in [2.75, 3.05) is 16.4 Å². The minimum Gasteiger partial charge on any atom is -0.478 e. The van der Waals surface area contributed by atoms with E-state index in [2.05, 4.69) is 4.72 Å². The smallest absolute Gasteiger partial charge is 0.335 e. The summed E-state index contributed by atoms with van der Waals surface area (Å²) in [7, 11) is -3.47. The van der Waals surface area contributed by atoms with Crippen LogP contribution in [0.1, 0.15) is 16.8 Å². The highest BCUT2D eigenvalue weighted by atomic mass is 35.5. The fourth-order valence-corrected chi connectivity index (χ4v) is 2.60. The van der Waals surface area contributed by atoms with E-state index in [9.17, 15) is 13.2 Å². The summed E-state index contributed by atoms with van der Waals surface area (Å²) in [5.74, 6) is -0.934. The fraction of sp³-hybridized carbons (Fsp3) is 0.300. The number of sulfonamides is 1. The average molecular weight is 278 g/mol. The standard InChI is InChI=1S/C10H12ClNO4S/c11-5-2-6-17(15,16)12-9-4-1-3-8(7-9)10(13)14/h1,3-4,7,12H,2,5-6H2,(H,13,14). The van der Waals surface area contributed by atoms with Gasteiger partial charge in [-0.05, 0) is 24.6 Å². The number of halogens is 1. The second-order valence-corrected chi connectivity index (χ2v) is 5.57. The Kier molecular flexibility index (Phi) is 4.77. The molecule has 0 spiro atoms. The molecular weight excluding hydrogens is 266 g/mol. The lowest BCUT2D eigenvalue weighted by Gasteiger charge is -2.07. The summed E-state index contributed by atoms with van der Waals surface area (Å²) in [6.07, 6.45) is 0.343. The van der Waals surface area contributed by atoms with Gasteiger partial charge in [-0.2, -0.15) is 0 Å². The number of carboxylic acid groups (broad SMARTS) is 1. The van der Waals surface area contributed by atoms with Crippen molar-refractivity contribution in [1.82, 2.24) is 0 Å². The molecule has 0 aliphatic carbocycles. The van der Waals surface area contributed by atoms with E-state index in [-0.39, 0.29) is 22.9 Å². The molecule has 17 heavy (non-hydrogen) atoms. The maximum Gasteiger partial charge on any atom is 0.335 e. The number of nitrogens with one attached hydrogen (secondary N) is 1. The summed E-state index contributed by atoms with van der Waals surface area (Å²) in [6, 6.07) is 5.62. The van der Waals surface area contributed by atoms with Crippen LogP contribution in [0.15, 0.2) is 24.3 Å². The Morgan fingerprint density at radius 1 is 1.41 bits per heavy atom. The molecule has 0 bridgehead atoms. The molecule has 0 saturated heterocycles. The van der Waals surface area contributed by atoms with E-state index in [0.717, 1.165) is 0 Å². The molecule has 94 valence electrons. The van der Waals surface area contributed by atoms with Gasteiger partial charge in [-0.15, -0.1) is 11.6 Å². The molecule has 1 aromatic rings. The molecule has 0 saturated carbocycles. The predicted molar refractivity (Wildman–Crippen MR) is 66.1 cm³/mol. The Labute approximate surface area is 104 Å². The first kappa shape index (κ1) is 13.8. The maximum absolute atomic E-state index is 11.5. The third-order valence-corrected chi connectivity index (χ3v) is 3.57. The molecule has 0 unspecified atom stereocenters. The number of carbonyl (C=O) groups is 1. The van der Waals surface area contributed by atoms with Gasteiger partial charge in [-0.1, -0.05) is 6.07 Å². The van der Waals surface area contributed by atoms with E-state index in [1.807, 2.05) is 0 Å². The Morgan fingerprint density at radius 3 is 2.71 bits per heavy atom. The van der Waals surface area contributed by atoms with Gasteiger partial charge in [0.2, 0.25) is 10.0 Å². The van der Waals surface area contributed by atoms with Crippen LogP contribution in [-0.2, 0) is 10.0 Å². The molecule has 0 heterocycles. The Bertz CT molecular complexity index is 501. The maximum atomic E-state index is 11.5. The summed E-state index contributed by atoms with van der Waals surface area (Å²) in [4.78, 5) is 10.7. The van der Waals surface area contributed by atoms with Crippen LogP contribution in [-0.4, -0.2) is 31.1 Å². The second-order valence-electron chi connectivity index (χ2n) is 3.35. The minimum atomic E-state index is -3.47. The van der Waals surface area contributed by atoms with Gasteiger partial charge in [0, 0.05) is 11.6 Å². The Hall–Kier alpha value is -1.27. The molecule has 7 heteroatoms. The highest BCUT2D eigenvalue weighted by molar-refractivity contribution is 7.92. The zero-order chi connectivity index (χ0) is 12.9. The summed E-state index contributed by atoms with van der Waals surface area (Å²) in [5.41, 5.74) is 0.266. The number of anilines is 1. The molecule has 0 fully saturated rings. The van der Waals surface area contributed by atoms with E-state index in [0.29, 0.717) is 6.42 Å². The first-order valence-electron chi connectivity index (χ1n) is 4.84. The normalized spacial score (nSPS) is 11.1. The zero-order valence-corrected chi connectivity index (χ0v) is 10.5. The van der Waals surface area contributed by atoms with Crippen LogP contribution in [0, 0.1) is 0 Å². The van der Waals surface area contributed by atoms with Crippen molar-refractivity contribution in [2.24, 2.45) is 0 Å². The van der Waals surface area contributed by atoms with Gasteiger partial charge in [-0.25, -0.2) is 13.2 Å². The van der Waals surface area contributed by atoms with Crippen molar-refractivity contribution < 1.29 is 18.3 Å². The van der Waals surface area contributed by atoms with Gasteiger partial charge < -0.3 is 5.11 Å². The monoisotopic (exact) mass is 277 g/mol. The third kappa shape index (κ3) is 4.62. The number of benzene rings is 1. The topological polar surface area (TPSA) is 83.5 Å².